The Morgan fingerprint density at radius 2 is 1.26 bits per heavy atom. The molecule has 2 N–H and O–H groups in total. The largest absolute Gasteiger partial charge is 1.00 e. The van der Waals surface area contributed by atoms with Gasteiger partial charge in [0.1, 0.15) is 4.90 Å². The Hall–Kier alpha value is -2.02. The Morgan fingerprint density at radius 1 is 0.814 bits per heavy atom. The van der Waals surface area contributed by atoms with Gasteiger partial charge in [-0.05, 0) is 53.9 Å². The zero-order valence-electron chi connectivity index (χ0n) is 25.2. The van der Waals surface area contributed by atoms with Crippen LogP contribution in [-0.4, -0.2) is 37.5 Å². The molecule has 1 aliphatic carbocycles. The zero-order chi connectivity index (χ0) is 30.6. The molecule has 3 aromatic carbocycles. The summed E-state index contributed by atoms with van der Waals surface area (Å²) >= 11 is 0. The summed E-state index contributed by atoms with van der Waals surface area (Å²) in [6, 6.07) is 22.2. The van der Waals surface area contributed by atoms with E-state index in [-0.39, 0.29) is 86.8 Å². The standard InChI is InChI=1S/C10H20O.C7H5NO3S.2C7H6O2.2Na/c1-7(2)9-5-4-8(3)6-10(9)11;9-7-5-3-1-2-4-6(5)12(10,11)8-7;2*8-7(9)6-4-2-1-3-5-6;;/h7-11H,4-6H2,1-3H3;1-4H,(H,8,9);2*1-5H,(H,8,9);;/q;;;;2*+1/p-2. The molecule has 1 saturated carbocycles. The predicted octanol–water partition coefficient (Wildman–Crippen LogP) is -3.33. The molecule has 1 fully saturated rings. The van der Waals surface area contributed by atoms with Crippen LogP contribution in [0, 0.1) is 17.8 Å². The summed E-state index contributed by atoms with van der Waals surface area (Å²) in [5.41, 5.74) is 0.660. The van der Waals surface area contributed by atoms with Crippen LogP contribution in [0.2, 0.25) is 0 Å². The summed E-state index contributed by atoms with van der Waals surface area (Å²) in [5, 5.41) is 29.9. The Kier molecular flexibility index (Phi) is 19.2. The molecular formula is C31H35NNa2O8S. The number of carboxylic acid groups (broad SMARTS) is 2. The summed E-state index contributed by atoms with van der Waals surface area (Å²) < 4.78 is 24.2. The maximum Gasteiger partial charge on any atom is 1.00 e. The first-order valence-corrected chi connectivity index (χ1v) is 14.7. The van der Waals surface area contributed by atoms with E-state index in [2.05, 4.69) is 20.8 Å². The van der Waals surface area contributed by atoms with Crippen LogP contribution in [0.3, 0.4) is 0 Å². The Morgan fingerprint density at radius 3 is 1.63 bits per heavy atom. The fraction of sp³-hybridized carbons (Fsp3) is 0.323. The van der Waals surface area contributed by atoms with Crippen molar-refractivity contribution in [1.29, 1.82) is 0 Å². The van der Waals surface area contributed by atoms with Gasteiger partial charge in [-0.15, -0.1) is 0 Å². The number of fused-ring (bicyclic) bond motifs is 1. The molecular weight excluding hydrogens is 592 g/mol. The molecule has 0 radical (unpaired) electrons. The number of aromatic carboxylic acids is 2. The average Bonchev–Trinajstić information content (AvgIpc) is 3.18. The fourth-order valence-corrected chi connectivity index (χ4v) is 5.59. The van der Waals surface area contributed by atoms with Gasteiger partial charge in [-0.25, -0.2) is 13.1 Å². The van der Waals surface area contributed by atoms with Crippen molar-refractivity contribution < 1.29 is 97.2 Å². The first-order valence-electron chi connectivity index (χ1n) is 13.2. The number of hydrogen-bond donors (Lipinski definition) is 2. The zero-order valence-corrected chi connectivity index (χ0v) is 30.0. The van der Waals surface area contributed by atoms with Gasteiger partial charge in [-0.2, -0.15) is 0 Å². The molecule has 43 heavy (non-hydrogen) atoms. The number of rotatable bonds is 3. The second kappa shape index (κ2) is 20.1. The van der Waals surface area contributed by atoms with Gasteiger partial charge in [0.2, 0.25) is 0 Å². The van der Waals surface area contributed by atoms with Crippen molar-refractivity contribution in [2.75, 3.05) is 0 Å². The molecule has 1 aliphatic heterocycles. The van der Waals surface area contributed by atoms with E-state index in [0.29, 0.717) is 11.8 Å². The van der Waals surface area contributed by atoms with E-state index in [4.69, 9.17) is 0 Å². The average molecular weight is 628 g/mol. The van der Waals surface area contributed by atoms with Crippen molar-refractivity contribution in [2.24, 2.45) is 17.8 Å². The van der Waals surface area contributed by atoms with E-state index in [1.54, 1.807) is 48.5 Å². The van der Waals surface area contributed by atoms with Crippen LogP contribution >= 0.6 is 0 Å². The van der Waals surface area contributed by atoms with Gasteiger partial charge in [0.05, 0.1) is 23.6 Å². The summed E-state index contributed by atoms with van der Waals surface area (Å²) in [6.45, 7) is 6.66. The van der Waals surface area contributed by atoms with E-state index in [1.807, 2.05) is 4.72 Å². The number of carbonyl (C=O) groups excluding carboxylic acids is 3. The number of carbonyl (C=O) groups is 3. The molecule has 3 atom stereocenters. The van der Waals surface area contributed by atoms with Crippen molar-refractivity contribution in [2.45, 2.75) is 51.0 Å². The van der Waals surface area contributed by atoms with E-state index >= 15 is 0 Å². The van der Waals surface area contributed by atoms with Crippen LogP contribution in [0.5, 0.6) is 0 Å². The van der Waals surface area contributed by atoms with E-state index in [9.17, 15) is 38.1 Å². The molecule has 0 spiro atoms. The minimum absolute atomic E-state index is 0. The second-order valence-electron chi connectivity index (χ2n) is 10.1. The molecule has 220 valence electrons. The van der Waals surface area contributed by atoms with Gasteiger partial charge in [0.25, 0.3) is 15.9 Å². The molecule has 3 aromatic rings. The molecule has 9 nitrogen and oxygen atoms in total. The molecule has 3 unspecified atom stereocenters. The molecule has 0 saturated heterocycles. The first-order chi connectivity index (χ1) is 19.3. The predicted molar refractivity (Wildman–Crippen MR) is 150 cm³/mol. The van der Waals surface area contributed by atoms with Crippen molar-refractivity contribution in [3.05, 3.63) is 102 Å². The Balaban J connectivity index is 0.000000543. The van der Waals surface area contributed by atoms with Gasteiger partial charge in [0.15, 0.2) is 0 Å². The third kappa shape index (κ3) is 13.7. The van der Waals surface area contributed by atoms with E-state index in [0.717, 1.165) is 12.3 Å². The number of aliphatic hydroxyl groups is 1. The second-order valence-corrected chi connectivity index (χ2v) is 11.8. The maximum absolute atomic E-state index is 11.1. The monoisotopic (exact) mass is 627 g/mol. The molecule has 5 rings (SSSR count). The summed E-state index contributed by atoms with van der Waals surface area (Å²) in [7, 11) is -3.55. The number of hydrogen-bond acceptors (Lipinski definition) is 8. The molecule has 0 bridgehead atoms. The van der Waals surface area contributed by atoms with Crippen LogP contribution in [-0.2, 0) is 10.0 Å². The summed E-state index contributed by atoms with van der Waals surface area (Å²) in [4.78, 5) is 31.2. The SMILES string of the molecule is CC1CCC(C(C)C)C(O)C1.O=C([O-])c1ccccc1.O=C([O-])c1ccccc1.O=C1NS(=O)(=O)c2ccccc21.[Na+].[Na+]. The van der Waals surface area contributed by atoms with Gasteiger partial charge < -0.3 is 24.9 Å². The number of benzene rings is 3. The van der Waals surface area contributed by atoms with Crippen LogP contribution < -0.4 is 74.0 Å². The Bertz CT molecular complexity index is 1350. The fourth-order valence-electron chi connectivity index (χ4n) is 4.42. The summed E-state index contributed by atoms with van der Waals surface area (Å²) in [6.07, 6.45) is 3.52. The molecule has 1 amide bonds. The van der Waals surface area contributed by atoms with Crippen LogP contribution in [0.4, 0.5) is 0 Å². The van der Waals surface area contributed by atoms with Gasteiger partial charge >= 0.3 is 59.1 Å². The summed E-state index contributed by atoms with van der Waals surface area (Å²) in [5.74, 6) is -0.861. The number of nitrogens with one attached hydrogen (secondary N) is 1. The molecule has 12 heteroatoms. The van der Waals surface area contributed by atoms with Crippen LogP contribution in [0.1, 0.15) is 71.1 Å². The molecule has 2 aliphatic rings. The Labute approximate surface area is 297 Å². The van der Waals surface area contributed by atoms with Crippen molar-refractivity contribution in [1.82, 2.24) is 4.72 Å². The van der Waals surface area contributed by atoms with Crippen molar-refractivity contribution in [3.63, 3.8) is 0 Å². The first kappa shape index (κ1) is 41.0. The van der Waals surface area contributed by atoms with E-state index < -0.39 is 27.9 Å². The number of amides is 1. The van der Waals surface area contributed by atoms with Gasteiger partial charge in [-0.1, -0.05) is 100.0 Å². The third-order valence-corrected chi connectivity index (χ3v) is 8.04. The molecule has 1 heterocycles. The van der Waals surface area contributed by atoms with Crippen molar-refractivity contribution in [3.8, 4) is 0 Å². The van der Waals surface area contributed by atoms with Crippen molar-refractivity contribution >= 4 is 27.9 Å². The van der Waals surface area contributed by atoms with Gasteiger partial charge in [0, 0.05) is 0 Å². The number of aliphatic hydroxyl groups excluding tert-OH is 1. The topological polar surface area (TPSA) is 164 Å². The smallest absolute Gasteiger partial charge is 0.545 e. The maximum atomic E-state index is 11.1. The minimum Gasteiger partial charge on any atom is -0.545 e. The van der Waals surface area contributed by atoms with Crippen LogP contribution in [0.15, 0.2) is 89.8 Å². The van der Waals surface area contributed by atoms with E-state index in [1.165, 1.54) is 49.2 Å². The quantitative estimate of drug-likeness (QED) is 0.285. The minimum atomic E-state index is -3.55. The number of sulfonamides is 1. The molecule has 0 aromatic heterocycles. The normalized spacial score (nSPS) is 19.0. The third-order valence-electron chi connectivity index (χ3n) is 6.65. The van der Waals surface area contributed by atoms with Gasteiger partial charge in [-0.3, -0.25) is 4.79 Å². The number of carboxylic acids is 2. The van der Waals surface area contributed by atoms with Crippen LogP contribution in [0.25, 0.3) is 0 Å².